The van der Waals surface area contributed by atoms with E-state index < -0.39 is 48.8 Å². The lowest BCUT2D eigenvalue weighted by Crippen LogP contribution is -2.42. The average Bonchev–Trinajstić information content (AvgIpc) is 3.08. The van der Waals surface area contributed by atoms with Gasteiger partial charge in [0.25, 0.3) is 0 Å². The Morgan fingerprint density at radius 1 is 0.764 bits per heavy atom. The van der Waals surface area contributed by atoms with E-state index in [2.05, 4.69) is 47.7 Å². The summed E-state index contributed by atoms with van der Waals surface area (Å²) < 4.78 is 49.1. The number of aromatic nitrogens is 2. The lowest BCUT2D eigenvalue weighted by Gasteiger charge is -2.38. The summed E-state index contributed by atoms with van der Waals surface area (Å²) in [7, 11) is -2.03. The summed E-state index contributed by atoms with van der Waals surface area (Å²) in [6.45, 7) is 22.7. The van der Waals surface area contributed by atoms with Gasteiger partial charge in [0.2, 0.25) is 10.9 Å². The lowest BCUT2D eigenvalue weighted by molar-refractivity contribution is 0.0514. The number of nitrogens with zero attached hydrogens (tertiary/aromatic N) is 2. The van der Waals surface area contributed by atoms with E-state index in [1.807, 2.05) is 41.0 Å². The molecule has 10 nitrogen and oxygen atoms in total. The predicted molar refractivity (Wildman–Crippen MR) is 232 cm³/mol. The van der Waals surface area contributed by atoms with Crippen molar-refractivity contribution in [3.63, 3.8) is 0 Å². The lowest BCUT2D eigenvalue weighted by atomic mass is 10.0. The molecule has 0 saturated carbocycles. The number of rotatable bonds is 12. The molecule has 4 rings (SSSR count). The van der Waals surface area contributed by atoms with E-state index in [-0.39, 0.29) is 62.8 Å². The topological polar surface area (TPSA) is 126 Å². The van der Waals surface area contributed by atoms with Crippen molar-refractivity contribution in [2.45, 2.75) is 92.5 Å². The first-order valence-electron chi connectivity index (χ1n) is 18.2. The summed E-state index contributed by atoms with van der Waals surface area (Å²) in [5.41, 5.74) is -0.318. The number of esters is 2. The van der Waals surface area contributed by atoms with Crippen LogP contribution in [0.25, 0.3) is 21.8 Å². The maximum Gasteiger partial charge on any atom is 0.343 e. The van der Waals surface area contributed by atoms with Crippen molar-refractivity contribution >= 4 is 87.2 Å². The van der Waals surface area contributed by atoms with Crippen LogP contribution in [0.3, 0.4) is 0 Å². The Bertz CT molecular complexity index is 2160. The highest BCUT2D eigenvalue weighted by atomic mass is 127. The molecule has 0 spiro atoms. The van der Waals surface area contributed by atoms with Crippen LogP contribution in [0.1, 0.15) is 95.1 Å². The molecule has 1 N–H and O–H groups in total. The Balaban J connectivity index is 0.000000305. The molecule has 2 heterocycles. The Morgan fingerprint density at radius 3 is 1.47 bits per heavy atom. The number of aliphatic hydroxyl groups is 1. The van der Waals surface area contributed by atoms with E-state index in [1.54, 1.807) is 41.0 Å². The van der Waals surface area contributed by atoms with Gasteiger partial charge in [0, 0.05) is 30.3 Å². The monoisotopic (exact) mass is 1010 g/mol. The molecule has 2 aromatic carbocycles. The number of aliphatic hydroxyl groups excluding tert-OH is 1. The normalized spacial score (nSPS) is 13.2. The number of hydrogen-bond donors (Lipinski definition) is 1. The second-order valence-electron chi connectivity index (χ2n) is 15.4. The van der Waals surface area contributed by atoms with E-state index in [0.717, 1.165) is 0 Å². The molecular weight excluding hydrogens is 956 g/mol. The first kappa shape index (κ1) is 46.6. The fourth-order valence-electron chi connectivity index (χ4n) is 5.67. The largest absolute Gasteiger partial charge is 0.462 e. The third kappa shape index (κ3) is 10.6. The fourth-order valence-corrected chi connectivity index (χ4v) is 7.62. The van der Waals surface area contributed by atoms with Gasteiger partial charge in [0.15, 0.2) is 8.32 Å². The van der Waals surface area contributed by atoms with E-state index in [1.165, 1.54) is 36.7 Å². The van der Waals surface area contributed by atoms with Crippen LogP contribution in [-0.4, -0.2) is 60.9 Å². The summed E-state index contributed by atoms with van der Waals surface area (Å²) in [6, 6.07) is 4.96. The van der Waals surface area contributed by atoms with Gasteiger partial charge >= 0.3 is 11.9 Å². The van der Waals surface area contributed by atoms with Crippen molar-refractivity contribution in [1.82, 2.24) is 9.13 Å². The van der Waals surface area contributed by atoms with Gasteiger partial charge in [-0.2, -0.15) is 0 Å². The number of ether oxygens (including phenoxy) is 2. The molecule has 0 aliphatic heterocycles. The zero-order chi connectivity index (χ0) is 41.7. The van der Waals surface area contributed by atoms with E-state index >= 15 is 0 Å². The zero-order valence-corrected chi connectivity index (χ0v) is 38.6. The average molecular weight is 1010 g/mol. The van der Waals surface area contributed by atoms with Gasteiger partial charge in [-0.25, -0.2) is 18.4 Å². The van der Waals surface area contributed by atoms with Gasteiger partial charge in [0.05, 0.1) is 49.5 Å². The Hall–Kier alpha value is -2.74. The molecule has 2 unspecified atom stereocenters. The highest BCUT2D eigenvalue weighted by molar-refractivity contribution is 14.1. The van der Waals surface area contributed by atoms with Gasteiger partial charge in [-0.3, -0.25) is 9.59 Å². The molecule has 4 aromatic rings. The SMILES string of the molecule is CCOC(=O)c1cn(C(CO)C(C)C)c2cc(F)c(I)cc2c1=O.CCOC(=O)c1cn(C(CO[Si](C)(C)C(C)(C)C)C(C)C)c2cc(F)c(I)cc2c1=O. The maximum atomic E-state index is 14.5. The Morgan fingerprint density at radius 2 is 1.15 bits per heavy atom. The number of halogens is 4. The molecule has 2 aromatic heterocycles. The van der Waals surface area contributed by atoms with Crippen LogP contribution in [0.4, 0.5) is 8.78 Å². The predicted octanol–water partition coefficient (Wildman–Crippen LogP) is 9.25. The van der Waals surface area contributed by atoms with Crippen LogP contribution in [0.15, 0.2) is 46.2 Å². The van der Waals surface area contributed by atoms with Gasteiger partial charge in [0.1, 0.15) is 22.8 Å². The second-order valence-corrected chi connectivity index (χ2v) is 22.6. The van der Waals surface area contributed by atoms with Crippen molar-refractivity contribution in [1.29, 1.82) is 0 Å². The minimum Gasteiger partial charge on any atom is -0.462 e. The van der Waals surface area contributed by atoms with Gasteiger partial charge in [-0.15, -0.1) is 0 Å². The molecule has 0 aliphatic carbocycles. The van der Waals surface area contributed by atoms with Crippen LogP contribution in [0.5, 0.6) is 0 Å². The number of carbonyl (C=O) groups is 2. The number of carbonyl (C=O) groups excluding carboxylic acids is 2. The molecule has 0 fully saturated rings. The van der Waals surface area contributed by atoms with E-state index in [9.17, 15) is 33.1 Å². The molecule has 302 valence electrons. The smallest absolute Gasteiger partial charge is 0.343 e. The van der Waals surface area contributed by atoms with Crippen molar-refractivity contribution in [3.8, 4) is 0 Å². The van der Waals surface area contributed by atoms with E-state index in [0.29, 0.717) is 26.6 Å². The fraction of sp³-hybridized carbons (Fsp3) is 0.500. The van der Waals surface area contributed by atoms with E-state index in [4.69, 9.17) is 13.9 Å². The Labute approximate surface area is 349 Å². The number of pyridine rings is 2. The molecule has 0 saturated heterocycles. The summed E-state index contributed by atoms with van der Waals surface area (Å²) >= 11 is 3.65. The van der Waals surface area contributed by atoms with Crippen molar-refractivity contribution in [2.24, 2.45) is 11.8 Å². The minimum atomic E-state index is -2.03. The number of fused-ring (bicyclic) bond motifs is 2. The quantitative estimate of drug-likeness (QED) is 0.0847. The molecule has 2 atom stereocenters. The highest BCUT2D eigenvalue weighted by Gasteiger charge is 2.38. The first-order chi connectivity index (χ1) is 25.5. The summed E-state index contributed by atoms with van der Waals surface area (Å²) in [4.78, 5) is 50.3. The standard InChI is InChI=1S/C23H33FINO4Si.C17H19FINO4/c1-9-29-22(28)16-12-26(19-11-17(24)18(25)10-15(19)21(16)27)20(14(2)3)13-30-31(7,8)23(4,5)6;1-4-24-17(23)11-7-20(15(8-21)9(2)3)14-6-12(18)13(19)5-10(14)16(11)22/h10-12,14,20H,9,13H2,1-8H3;5-7,9,15,21H,4,8H2,1-3H3. The third-order valence-corrected chi connectivity index (χ3v) is 16.2. The zero-order valence-electron chi connectivity index (χ0n) is 33.3. The Kier molecular flexibility index (Phi) is 16.2. The van der Waals surface area contributed by atoms with Crippen LogP contribution in [0, 0.1) is 30.6 Å². The summed E-state index contributed by atoms with van der Waals surface area (Å²) in [6.07, 6.45) is 2.87. The van der Waals surface area contributed by atoms with Crippen molar-refractivity contribution in [2.75, 3.05) is 26.4 Å². The third-order valence-electron chi connectivity index (χ3n) is 10.0. The highest BCUT2D eigenvalue weighted by Crippen LogP contribution is 2.38. The van der Waals surface area contributed by atoms with Crippen LogP contribution in [-0.2, 0) is 13.9 Å². The molecular formula is C40H52F2I2N2O8Si. The van der Waals surface area contributed by atoms with Gasteiger partial charge in [-0.1, -0.05) is 48.5 Å². The summed E-state index contributed by atoms with van der Waals surface area (Å²) in [5.74, 6) is -2.13. The second kappa shape index (κ2) is 19.1. The first-order valence-corrected chi connectivity index (χ1v) is 23.3. The maximum absolute atomic E-state index is 14.5. The molecule has 55 heavy (non-hydrogen) atoms. The van der Waals surface area contributed by atoms with Crippen LogP contribution >= 0.6 is 45.2 Å². The molecule has 15 heteroatoms. The molecule has 0 aliphatic rings. The molecule has 0 amide bonds. The van der Waals surface area contributed by atoms with Crippen molar-refractivity contribution < 1.29 is 37.4 Å². The van der Waals surface area contributed by atoms with Crippen LogP contribution in [0.2, 0.25) is 18.1 Å². The summed E-state index contributed by atoms with van der Waals surface area (Å²) in [5, 5.41) is 10.3. The molecule has 0 bridgehead atoms. The minimum absolute atomic E-state index is 0.0121. The number of hydrogen-bond acceptors (Lipinski definition) is 8. The van der Waals surface area contributed by atoms with Gasteiger partial charge in [-0.05, 0) is 113 Å². The van der Waals surface area contributed by atoms with Gasteiger partial charge < -0.3 is 28.1 Å². The van der Waals surface area contributed by atoms with Crippen molar-refractivity contribution in [3.05, 3.63) is 87.0 Å². The molecule has 0 radical (unpaired) electrons. The van der Waals surface area contributed by atoms with Crippen LogP contribution < -0.4 is 10.9 Å². The number of benzene rings is 2.